The van der Waals surface area contributed by atoms with Gasteiger partial charge in [-0.2, -0.15) is 0 Å². The Labute approximate surface area is 195 Å². The van der Waals surface area contributed by atoms with E-state index in [4.69, 9.17) is 0 Å². The standard InChI is InChI=1S/C26H31N7/c1-26(2,3)33-25(28-29-30-33)24(22-11-12-23-21(18-22)10-7-13-27-23)32-16-14-31(15-17-32)19-20-8-5-4-6-9-20/h4-13,18,24H,14-17,19H2,1-3H3. The van der Waals surface area contributed by atoms with Crippen molar-refractivity contribution in [2.75, 3.05) is 26.2 Å². The van der Waals surface area contributed by atoms with Crippen LogP contribution in [0.25, 0.3) is 10.9 Å². The SMILES string of the molecule is CC(C)(C)n1nnnc1C(c1ccc2ncccc2c1)N1CCN(Cc2ccccc2)CC1. The summed E-state index contributed by atoms with van der Waals surface area (Å²) in [5.74, 6) is 0.891. The number of hydrogen-bond donors (Lipinski definition) is 0. The molecule has 1 atom stereocenters. The predicted octanol–water partition coefficient (Wildman–Crippen LogP) is 3.88. The van der Waals surface area contributed by atoms with Crippen LogP contribution in [0.4, 0.5) is 0 Å². The highest BCUT2D eigenvalue weighted by Gasteiger charge is 2.33. The van der Waals surface area contributed by atoms with Crippen LogP contribution in [0, 0.1) is 0 Å². The van der Waals surface area contributed by atoms with Crippen molar-refractivity contribution in [3.05, 3.63) is 83.8 Å². The highest BCUT2D eigenvalue weighted by atomic mass is 15.6. The number of nitrogens with zero attached hydrogens (tertiary/aromatic N) is 7. The van der Waals surface area contributed by atoms with Crippen molar-refractivity contribution in [3.63, 3.8) is 0 Å². The number of rotatable bonds is 5. The van der Waals surface area contributed by atoms with E-state index in [-0.39, 0.29) is 11.6 Å². The zero-order chi connectivity index (χ0) is 22.8. The van der Waals surface area contributed by atoms with Gasteiger partial charge in [0, 0.05) is 44.3 Å². The van der Waals surface area contributed by atoms with Crippen LogP contribution < -0.4 is 0 Å². The monoisotopic (exact) mass is 441 g/mol. The molecule has 7 heteroatoms. The van der Waals surface area contributed by atoms with E-state index in [1.807, 2.05) is 16.9 Å². The van der Waals surface area contributed by atoms with Gasteiger partial charge in [-0.1, -0.05) is 42.5 Å². The molecule has 1 fully saturated rings. The molecule has 4 aromatic rings. The number of fused-ring (bicyclic) bond motifs is 1. The Bertz CT molecular complexity index is 1200. The van der Waals surface area contributed by atoms with E-state index in [0.717, 1.165) is 49.5 Å². The molecule has 2 aromatic heterocycles. The summed E-state index contributed by atoms with van der Waals surface area (Å²) >= 11 is 0. The maximum Gasteiger partial charge on any atom is 0.173 e. The van der Waals surface area contributed by atoms with Crippen molar-refractivity contribution in [3.8, 4) is 0 Å². The third kappa shape index (κ3) is 4.65. The van der Waals surface area contributed by atoms with E-state index in [9.17, 15) is 0 Å². The van der Waals surface area contributed by atoms with Gasteiger partial charge in [0.05, 0.1) is 17.1 Å². The van der Waals surface area contributed by atoms with Crippen molar-refractivity contribution in [1.82, 2.24) is 35.0 Å². The lowest BCUT2D eigenvalue weighted by Gasteiger charge is -2.39. The van der Waals surface area contributed by atoms with E-state index < -0.39 is 0 Å². The summed E-state index contributed by atoms with van der Waals surface area (Å²) in [4.78, 5) is 9.55. The van der Waals surface area contributed by atoms with Crippen LogP contribution >= 0.6 is 0 Å². The van der Waals surface area contributed by atoms with Crippen LogP contribution in [0.2, 0.25) is 0 Å². The first-order valence-electron chi connectivity index (χ1n) is 11.6. The van der Waals surface area contributed by atoms with Gasteiger partial charge in [0.2, 0.25) is 0 Å². The Morgan fingerprint density at radius 3 is 2.45 bits per heavy atom. The minimum atomic E-state index is -0.204. The topological polar surface area (TPSA) is 63.0 Å². The molecule has 170 valence electrons. The number of piperazine rings is 1. The summed E-state index contributed by atoms with van der Waals surface area (Å²) in [6.07, 6.45) is 1.84. The van der Waals surface area contributed by atoms with Crippen molar-refractivity contribution in [2.24, 2.45) is 0 Å². The largest absolute Gasteiger partial charge is 0.297 e. The molecular formula is C26H31N7. The number of tetrazole rings is 1. The van der Waals surface area contributed by atoms with Crippen molar-refractivity contribution >= 4 is 10.9 Å². The van der Waals surface area contributed by atoms with Gasteiger partial charge in [-0.3, -0.25) is 14.8 Å². The fraction of sp³-hybridized carbons (Fsp3) is 0.385. The summed E-state index contributed by atoms with van der Waals surface area (Å²) < 4.78 is 1.97. The molecule has 1 unspecified atom stereocenters. The Morgan fingerprint density at radius 1 is 0.909 bits per heavy atom. The van der Waals surface area contributed by atoms with E-state index in [1.165, 1.54) is 11.1 Å². The average molecular weight is 442 g/mol. The average Bonchev–Trinajstić information content (AvgIpc) is 3.31. The highest BCUT2D eigenvalue weighted by Crippen LogP contribution is 2.32. The first kappa shape index (κ1) is 21.7. The first-order valence-corrected chi connectivity index (χ1v) is 11.6. The maximum absolute atomic E-state index is 4.53. The van der Waals surface area contributed by atoms with Crippen LogP contribution in [-0.2, 0) is 12.1 Å². The van der Waals surface area contributed by atoms with Gasteiger partial charge in [-0.15, -0.1) is 5.10 Å². The second-order valence-electron chi connectivity index (χ2n) is 9.78. The van der Waals surface area contributed by atoms with Crippen LogP contribution in [0.5, 0.6) is 0 Å². The van der Waals surface area contributed by atoms with Crippen LogP contribution in [0.15, 0.2) is 66.9 Å². The molecule has 2 aromatic carbocycles. The molecular weight excluding hydrogens is 410 g/mol. The fourth-order valence-corrected chi connectivity index (χ4v) is 4.65. The van der Waals surface area contributed by atoms with Crippen LogP contribution in [0.1, 0.15) is 43.8 Å². The molecule has 7 nitrogen and oxygen atoms in total. The van der Waals surface area contributed by atoms with E-state index >= 15 is 0 Å². The van der Waals surface area contributed by atoms with Gasteiger partial charge in [-0.25, -0.2) is 4.68 Å². The van der Waals surface area contributed by atoms with Crippen LogP contribution in [0.3, 0.4) is 0 Å². The van der Waals surface area contributed by atoms with Crippen LogP contribution in [-0.4, -0.2) is 61.2 Å². The van der Waals surface area contributed by atoms with Crippen molar-refractivity contribution < 1.29 is 0 Å². The summed E-state index contributed by atoms with van der Waals surface area (Å²) in [5.41, 5.74) is 3.36. The van der Waals surface area contributed by atoms with Gasteiger partial charge in [0.25, 0.3) is 0 Å². The lowest BCUT2D eigenvalue weighted by molar-refractivity contribution is 0.0980. The van der Waals surface area contributed by atoms with Gasteiger partial charge in [0.15, 0.2) is 5.82 Å². The molecule has 0 N–H and O–H groups in total. The Kier molecular flexibility index (Phi) is 5.91. The Hall–Kier alpha value is -3.16. The lowest BCUT2D eigenvalue weighted by atomic mass is 9.99. The van der Waals surface area contributed by atoms with E-state index in [2.05, 4.69) is 106 Å². The maximum atomic E-state index is 4.53. The minimum Gasteiger partial charge on any atom is -0.297 e. The Balaban J connectivity index is 1.45. The molecule has 1 aliphatic heterocycles. The van der Waals surface area contributed by atoms with Gasteiger partial charge in [0.1, 0.15) is 0 Å². The molecule has 33 heavy (non-hydrogen) atoms. The molecule has 0 spiro atoms. The zero-order valence-electron chi connectivity index (χ0n) is 19.6. The summed E-state index contributed by atoms with van der Waals surface area (Å²) in [6, 6.07) is 21.3. The van der Waals surface area contributed by atoms with Crippen molar-refractivity contribution in [1.29, 1.82) is 0 Å². The summed E-state index contributed by atoms with van der Waals surface area (Å²) in [6.45, 7) is 11.4. The third-order valence-corrected chi connectivity index (χ3v) is 6.34. The Morgan fingerprint density at radius 2 is 1.70 bits per heavy atom. The second kappa shape index (κ2) is 9.00. The smallest absolute Gasteiger partial charge is 0.173 e. The van der Waals surface area contributed by atoms with Gasteiger partial charge >= 0.3 is 0 Å². The molecule has 0 aliphatic carbocycles. The van der Waals surface area contributed by atoms with Gasteiger partial charge in [-0.05, 0) is 60.5 Å². The summed E-state index contributed by atoms with van der Waals surface area (Å²) in [5, 5.41) is 14.1. The first-order chi connectivity index (χ1) is 16.0. The molecule has 3 heterocycles. The van der Waals surface area contributed by atoms with E-state index in [1.54, 1.807) is 0 Å². The zero-order valence-corrected chi connectivity index (χ0v) is 19.6. The van der Waals surface area contributed by atoms with Gasteiger partial charge < -0.3 is 0 Å². The minimum absolute atomic E-state index is 0.0114. The molecule has 0 bridgehead atoms. The second-order valence-corrected chi connectivity index (χ2v) is 9.78. The van der Waals surface area contributed by atoms with Crippen molar-refractivity contribution in [2.45, 2.75) is 38.9 Å². The fourth-order valence-electron chi connectivity index (χ4n) is 4.65. The highest BCUT2D eigenvalue weighted by molar-refractivity contribution is 5.79. The number of benzene rings is 2. The third-order valence-electron chi connectivity index (χ3n) is 6.34. The quantitative estimate of drug-likeness (QED) is 0.468. The molecule has 0 radical (unpaired) electrons. The summed E-state index contributed by atoms with van der Waals surface area (Å²) in [7, 11) is 0. The molecule has 5 rings (SSSR count). The molecule has 1 saturated heterocycles. The number of aromatic nitrogens is 5. The number of pyridine rings is 1. The van der Waals surface area contributed by atoms with E-state index in [0.29, 0.717) is 0 Å². The number of hydrogen-bond acceptors (Lipinski definition) is 6. The molecule has 0 amide bonds. The molecule has 0 saturated carbocycles. The predicted molar refractivity (Wildman–Crippen MR) is 130 cm³/mol. The normalized spacial score (nSPS) is 16.8. The molecule has 1 aliphatic rings. The lowest BCUT2D eigenvalue weighted by Crippen LogP contribution is -2.48.